The molecule has 0 aromatic heterocycles. The number of carbonyl (C=O) groups is 1. The Bertz CT molecular complexity index is 428. The summed E-state index contributed by atoms with van der Waals surface area (Å²) in [6.45, 7) is 6.17. The summed E-state index contributed by atoms with van der Waals surface area (Å²) in [4.78, 5) is 11.4. The maximum Gasteiger partial charge on any atom is 0.333 e. The normalized spacial score (nSPS) is 22.9. The highest BCUT2D eigenvalue weighted by Crippen LogP contribution is 2.30. The smallest absolute Gasteiger partial charge is 0.333 e. The maximum atomic E-state index is 11.4. The highest BCUT2D eigenvalue weighted by atomic mass is 16.6. The third-order valence-corrected chi connectivity index (χ3v) is 3.43. The molecule has 0 bridgehead atoms. The lowest BCUT2D eigenvalue weighted by Gasteiger charge is -2.02. The number of rotatable bonds is 9. The molecule has 3 atom stereocenters. The Morgan fingerprint density at radius 1 is 1.48 bits per heavy atom. The van der Waals surface area contributed by atoms with Crippen LogP contribution in [0, 0.1) is 18.3 Å². The monoisotopic (exact) mass is 290 g/mol. The minimum Gasteiger partial charge on any atom is -0.463 e. The molecule has 21 heavy (non-hydrogen) atoms. The molecule has 0 aliphatic carbocycles. The molecule has 0 aromatic rings. The highest BCUT2D eigenvalue weighted by molar-refractivity contribution is 5.87. The Balaban J connectivity index is 2.16. The molecule has 0 amide bonds. The minimum absolute atomic E-state index is 0.227. The first kappa shape index (κ1) is 17.5. The molecular formula is C18H26O3. The fourth-order valence-corrected chi connectivity index (χ4v) is 2.15. The van der Waals surface area contributed by atoms with Crippen molar-refractivity contribution in [2.75, 3.05) is 6.61 Å². The van der Waals surface area contributed by atoms with Crippen molar-refractivity contribution >= 4 is 5.97 Å². The zero-order valence-electron chi connectivity index (χ0n) is 13.3. The van der Waals surface area contributed by atoms with Crippen LogP contribution in [-0.4, -0.2) is 24.8 Å². The lowest BCUT2D eigenvalue weighted by atomic mass is 10.0. The van der Waals surface area contributed by atoms with Gasteiger partial charge in [-0.25, -0.2) is 4.79 Å². The average Bonchev–Trinajstić information content (AvgIpc) is 3.16. The molecule has 1 fully saturated rings. The van der Waals surface area contributed by atoms with E-state index >= 15 is 0 Å². The van der Waals surface area contributed by atoms with E-state index < -0.39 is 0 Å². The number of epoxide rings is 1. The predicted octanol–water partition coefficient (Wildman–Crippen LogP) is 3.65. The number of unbranched alkanes of at least 4 members (excludes halogenated alkanes) is 1. The summed E-state index contributed by atoms with van der Waals surface area (Å²) in [6.07, 6.45) is 15.6. The van der Waals surface area contributed by atoms with E-state index in [4.69, 9.17) is 15.9 Å². The van der Waals surface area contributed by atoms with E-state index in [0.29, 0.717) is 24.2 Å². The Morgan fingerprint density at radius 3 is 2.90 bits per heavy atom. The van der Waals surface area contributed by atoms with Gasteiger partial charge in [0.15, 0.2) is 0 Å². The summed E-state index contributed by atoms with van der Waals surface area (Å²) in [5, 5.41) is 0. The standard InChI is InChI=1S/C18H26O3/c1-5-10-14(3)13-17-16(21-17)12-9-7-8-11-15(4)18(19)20-6-2/h1,9,11-12,14,16-17H,6-8,10,13H2,2-4H3/b12-9+,15-11+/t14-,16+,17+/m1/s1. The van der Waals surface area contributed by atoms with Crippen molar-refractivity contribution in [3.8, 4) is 12.3 Å². The van der Waals surface area contributed by atoms with Crippen LogP contribution in [0.5, 0.6) is 0 Å². The van der Waals surface area contributed by atoms with Crippen molar-refractivity contribution in [2.45, 2.75) is 58.7 Å². The number of carbonyl (C=O) groups excluding carboxylic acids is 1. The van der Waals surface area contributed by atoms with Crippen molar-refractivity contribution in [1.82, 2.24) is 0 Å². The van der Waals surface area contributed by atoms with E-state index in [1.165, 1.54) is 0 Å². The van der Waals surface area contributed by atoms with E-state index in [0.717, 1.165) is 25.7 Å². The third-order valence-electron chi connectivity index (χ3n) is 3.43. The number of hydrogen-bond acceptors (Lipinski definition) is 3. The zero-order chi connectivity index (χ0) is 15.7. The topological polar surface area (TPSA) is 38.8 Å². The van der Waals surface area contributed by atoms with Gasteiger partial charge in [-0.1, -0.05) is 25.2 Å². The molecule has 3 heteroatoms. The fraction of sp³-hybridized carbons (Fsp3) is 0.611. The highest BCUT2D eigenvalue weighted by Gasteiger charge is 2.36. The lowest BCUT2D eigenvalue weighted by Crippen LogP contribution is -2.04. The Morgan fingerprint density at radius 2 is 2.24 bits per heavy atom. The lowest BCUT2D eigenvalue weighted by molar-refractivity contribution is -0.138. The first-order valence-corrected chi connectivity index (χ1v) is 7.67. The van der Waals surface area contributed by atoms with Crippen molar-refractivity contribution in [1.29, 1.82) is 0 Å². The fourth-order valence-electron chi connectivity index (χ4n) is 2.15. The second-order valence-electron chi connectivity index (χ2n) is 5.50. The van der Waals surface area contributed by atoms with Gasteiger partial charge in [0.1, 0.15) is 6.10 Å². The molecule has 0 saturated carbocycles. The van der Waals surface area contributed by atoms with Crippen molar-refractivity contribution in [3.63, 3.8) is 0 Å². The quantitative estimate of drug-likeness (QED) is 0.162. The van der Waals surface area contributed by atoms with Crippen molar-refractivity contribution in [3.05, 3.63) is 23.8 Å². The molecule has 0 N–H and O–H groups in total. The number of terminal acetylenes is 1. The average molecular weight is 290 g/mol. The van der Waals surface area contributed by atoms with Crippen LogP contribution in [0.2, 0.25) is 0 Å². The van der Waals surface area contributed by atoms with Gasteiger partial charge < -0.3 is 9.47 Å². The molecule has 116 valence electrons. The van der Waals surface area contributed by atoms with Crippen molar-refractivity contribution in [2.24, 2.45) is 5.92 Å². The van der Waals surface area contributed by atoms with Crippen LogP contribution in [-0.2, 0) is 14.3 Å². The molecule has 0 aromatic carbocycles. The first-order valence-electron chi connectivity index (χ1n) is 7.67. The van der Waals surface area contributed by atoms with Gasteiger partial charge in [0.25, 0.3) is 0 Å². The van der Waals surface area contributed by atoms with E-state index in [2.05, 4.69) is 25.0 Å². The molecule has 0 radical (unpaired) electrons. The van der Waals surface area contributed by atoms with Gasteiger partial charge in [-0.05, 0) is 39.0 Å². The predicted molar refractivity (Wildman–Crippen MR) is 84.7 cm³/mol. The van der Waals surface area contributed by atoms with Gasteiger partial charge in [-0.2, -0.15) is 0 Å². The first-order chi connectivity index (χ1) is 10.1. The molecule has 1 saturated heterocycles. The summed E-state index contributed by atoms with van der Waals surface area (Å²) in [5.74, 6) is 2.98. The van der Waals surface area contributed by atoms with Gasteiger partial charge in [0.05, 0.1) is 12.7 Å². The third kappa shape index (κ3) is 7.15. The van der Waals surface area contributed by atoms with Crippen LogP contribution in [0.1, 0.15) is 46.5 Å². The number of allylic oxidation sites excluding steroid dienone is 2. The van der Waals surface area contributed by atoms with Gasteiger partial charge >= 0.3 is 5.97 Å². The number of hydrogen-bond donors (Lipinski definition) is 0. The Kier molecular flexibility index (Phi) is 7.85. The second kappa shape index (κ2) is 9.41. The van der Waals surface area contributed by atoms with Crippen LogP contribution in [0.4, 0.5) is 0 Å². The van der Waals surface area contributed by atoms with Crippen LogP contribution in [0.15, 0.2) is 23.8 Å². The molecular weight excluding hydrogens is 264 g/mol. The number of esters is 1. The van der Waals surface area contributed by atoms with E-state index in [1.807, 2.05) is 13.0 Å². The molecule has 1 rings (SSSR count). The van der Waals surface area contributed by atoms with Gasteiger partial charge in [0, 0.05) is 12.0 Å². The largest absolute Gasteiger partial charge is 0.463 e. The van der Waals surface area contributed by atoms with Crippen LogP contribution in [0.25, 0.3) is 0 Å². The van der Waals surface area contributed by atoms with E-state index in [9.17, 15) is 4.79 Å². The minimum atomic E-state index is -0.227. The summed E-state index contributed by atoms with van der Waals surface area (Å²) < 4.78 is 10.5. The summed E-state index contributed by atoms with van der Waals surface area (Å²) in [7, 11) is 0. The van der Waals surface area contributed by atoms with E-state index in [1.54, 1.807) is 6.92 Å². The summed E-state index contributed by atoms with van der Waals surface area (Å²) in [6, 6.07) is 0. The summed E-state index contributed by atoms with van der Waals surface area (Å²) in [5.41, 5.74) is 0.675. The molecule has 1 aliphatic heterocycles. The molecule has 1 aliphatic rings. The van der Waals surface area contributed by atoms with Crippen molar-refractivity contribution < 1.29 is 14.3 Å². The van der Waals surface area contributed by atoms with Crippen LogP contribution in [0.3, 0.4) is 0 Å². The molecule has 3 nitrogen and oxygen atoms in total. The Hall–Kier alpha value is -1.53. The van der Waals surface area contributed by atoms with Crippen LogP contribution < -0.4 is 0 Å². The Labute approximate surface area is 128 Å². The van der Waals surface area contributed by atoms with Crippen LogP contribution >= 0.6 is 0 Å². The number of ether oxygens (including phenoxy) is 2. The van der Waals surface area contributed by atoms with Gasteiger partial charge in [-0.3, -0.25) is 0 Å². The second-order valence-corrected chi connectivity index (χ2v) is 5.50. The van der Waals surface area contributed by atoms with Gasteiger partial charge in [0.2, 0.25) is 0 Å². The molecule has 0 spiro atoms. The molecule has 0 unspecified atom stereocenters. The maximum absolute atomic E-state index is 11.4. The van der Waals surface area contributed by atoms with E-state index in [-0.39, 0.29) is 12.1 Å². The zero-order valence-corrected chi connectivity index (χ0v) is 13.3. The van der Waals surface area contributed by atoms with Gasteiger partial charge in [-0.15, -0.1) is 12.3 Å². The molecule has 1 heterocycles. The SMILES string of the molecule is C#CC[C@@H](C)C[C@@H]1O[C@H]1/C=C/CC/C=C(\C)C(=O)OCC. The summed E-state index contributed by atoms with van der Waals surface area (Å²) >= 11 is 0.